The van der Waals surface area contributed by atoms with Crippen molar-refractivity contribution >= 4 is 6.09 Å². The topological polar surface area (TPSA) is 41.6 Å². The Morgan fingerprint density at radius 3 is 2.12 bits per heavy atom. The first-order chi connectivity index (χ1) is 12.0. The molecule has 1 saturated heterocycles. The number of amides is 1. The van der Waals surface area contributed by atoms with Crippen molar-refractivity contribution in [3.05, 3.63) is 71.8 Å². The second kappa shape index (κ2) is 7.28. The quantitative estimate of drug-likeness (QED) is 0.887. The fourth-order valence-corrected chi connectivity index (χ4v) is 3.28. The van der Waals surface area contributed by atoms with E-state index in [9.17, 15) is 4.79 Å². The van der Waals surface area contributed by atoms with E-state index in [0.29, 0.717) is 6.54 Å². The number of rotatable bonds is 2. The van der Waals surface area contributed by atoms with Gasteiger partial charge in [0.2, 0.25) is 0 Å². The summed E-state index contributed by atoms with van der Waals surface area (Å²) < 4.78 is 5.67. The van der Waals surface area contributed by atoms with Crippen molar-refractivity contribution in [1.29, 1.82) is 0 Å². The minimum Gasteiger partial charge on any atom is -0.444 e. The molecule has 4 nitrogen and oxygen atoms in total. The number of carbonyl (C=O) groups is 1. The highest BCUT2D eigenvalue weighted by molar-refractivity contribution is 5.69. The lowest BCUT2D eigenvalue weighted by Crippen LogP contribution is -2.51. The number of ether oxygens (including phenoxy) is 1. The smallest absolute Gasteiger partial charge is 0.410 e. The van der Waals surface area contributed by atoms with Crippen LogP contribution < -0.4 is 5.32 Å². The van der Waals surface area contributed by atoms with Crippen LogP contribution in [0, 0.1) is 0 Å². The Kier molecular flexibility index (Phi) is 5.09. The monoisotopic (exact) mass is 338 g/mol. The summed E-state index contributed by atoms with van der Waals surface area (Å²) in [7, 11) is 0. The number of carbonyl (C=O) groups excluding carboxylic acids is 1. The second-order valence-electron chi connectivity index (χ2n) is 7.37. The molecule has 1 aliphatic rings. The Hall–Kier alpha value is -2.33. The number of piperazine rings is 1. The molecular formula is C21H26N2O2. The summed E-state index contributed by atoms with van der Waals surface area (Å²) in [5.41, 5.74) is 1.77. The van der Waals surface area contributed by atoms with Gasteiger partial charge in [-0.3, -0.25) is 4.90 Å². The Labute approximate surface area is 149 Å². The molecule has 0 saturated carbocycles. The lowest BCUT2D eigenvalue weighted by molar-refractivity contribution is 0.00502. The summed E-state index contributed by atoms with van der Waals surface area (Å²) in [4.78, 5) is 14.7. The Morgan fingerprint density at radius 1 is 1.00 bits per heavy atom. The average Bonchev–Trinajstić information content (AvgIpc) is 2.61. The van der Waals surface area contributed by atoms with E-state index in [-0.39, 0.29) is 18.2 Å². The van der Waals surface area contributed by atoms with Crippen molar-refractivity contribution in [2.45, 2.75) is 38.5 Å². The van der Waals surface area contributed by atoms with Gasteiger partial charge in [0.15, 0.2) is 0 Å². The number of benzene rings is 2. The molecule has 4 heteroatoms. The standard InChI is InChI=1S/C21H26N2O2/c1-21(2,3)25-20(24)23-15-14-22-18(16-10-6-4-7-11-16)19(23)17-12-8-5-9-13-17/h4-13,18-19,22H,14-15H2,1-3H3/t18-,19-/m0/s1. The van der Waals surface area contributed by atoms with E-state index < -0.39 is 5.60 Å². The minimum absolute atomic E-state index is 0.0323. The SMILES string of the molecule is CC(C)(C)OC(=O)N1CCN[C@@H](c2ccccc2)[C@@H]1c1ccccc1. The second-order valence-corrected chi connectivity index (χ2v) is 7.37. The summed E-state index contributed by atoms with van der Waals surface area (Å²) in [6.45, 7) is 7.07. The van der Waals surface area contributed by atoms with Gasteiger partial charge in [0.1, 0.15) is 5.60 Å². The summed E-state index contributed by atoms with van der Waals surface area (Å²) in [6.07, 6.45) is -0.260. The number of nitrogens with one attached hydrogen (secondary N) is 1. The van der Waals surface area contributed by atoms with Crippen LogP contribution in [0.1, 0.15) is 44.0 Å². The van der Waals surface area contributed by atoms with Crippen molar-refractivity contribution in [3.8, 4) is 0 Å². The molecule has 0 aromatic heterocycles. The van der Waals surface area contributed by atoms with Gasteiger partial charge < -0.3 is 10.1 Å². The molecule has 1 aliphatic heterocycles. The van der Waals surface area contributed by atoms with Crippen molar-refractivity contribution < 1.29 is 9.53 Å². The van der Waals surface area contributed by atoms with Crippen LogP contribution in [-0.4, -0.2) is 29.7 Å². The van der Waals surface area contributed by atoms with E-state index in [0.717, 1.165) is 12.1 Å². The molecule has 2 aromatic rings. The van der Waals surface area contributed by atoms with Crippen LogP contribution >= 0.6 is 0 Å². The third-order valence-electron chi connectivity index (χ3n) is 4.30. The van der Waals surface area contributed by atoms with Crippen LogP contribution in [0.4, 0.5) is 4.79 Å². The van der Waals surface area contributed by atoms with Gasteiger partial charge in [-0.2, -0.15) is 0 Å². The fourth-order valence-electron chi connectivity index (χ4n) is 3.28. The minimum atomic E-state index is -0.508. The molecule has 3 rings (SSSR count). The van der Waals surface area contributed by atoms with Crippen molar-refractivity contribution in [3.63, 3.8) is 0 Å². The molecule has 2 atom stereocenters. The highest BCUT2D eigenvalue weighted by atomic mass is 16.6. The van der Waals surface area contributed by atoms with Gasteiger partial charge in [0.05, 0.1) is 12.1 Å². The van der Waals surface area contributed by atoms with Crippen LogP contribution in [0.3, 0.4) is 0 Å². The van der Waals surface area contributed by atoms with E-state index >= 15 is 0 Å². The Balaban J connectivity index is 1.97. The molecule has 0 radical (unpaired) electrons. The normalized spacial score (nSPS) is 21.0. The predicted octanol–water partition coefficient (Wildman–Crippen LogP) is 4.31. The maximum absolute atomic E-state index is 12.9. The molecule has 25 heavy (non-hydrogen) atoms. The van der Waals surface area contributed by atoms with Crippen LogP contribution in [0.5, 0.6) is 0 Å². The van der Waals surface area contributed by atoms with Gasteiger partial charge in [-0.15, -0.1) is 0 Å². The summed E-state index contributed by atoms with van der Waals surface area (Å²) in [6, 6.07) is 20.4. The maximum Gasteiger partial charge on any atom is 0.410 e. The predicted molar refractivity (Wildman–Crippen MR) is 99.3 cm³/mol. The molecule has 2 aromatic carbocycles. The summed E-state index contributed by atoms with van der Waals surface area (Å²) in [5, 5.41) is 3.58. The fraction of sp³-hybridized carbons (Fsp3) is 0.381. The van der Waals surface area contributed by atoms with Gasteiger partial charge in [0.25, 0.3) is 0 Å². The zero-order chi connectivity index (χ0) is 17.9. The van der Waals surface area contributed by atoms with Crippen molar-refractivity contribution in [2.75, 3.05) is 13.1 Å². The third kappa shape index (κ3) is 4.20. The highest BCUT2D eigenvalue weighted by Crippen LogP contribution is 2.37. The van der Waals surface area contributed by atoms with E-state index in [1.54, 1.807) is 0 Å². The first-order valence-corrected chi connectivity index (χ1v) is 8.78. The van der Waals surface area contributed by atoms with E-state index in [2.05, 4.69) is 29.6 Å². The van der Waals surface area contributed by atoms with Crippen LogP contribution in [0.25, 0.3) is 0 Å². The van der Waals surface area contributed by atoms with Crippen LogP contribution in [0.2, 0.25) is 0 Å². The molecule has 0 bridgehead atoms. The molecule has 132 valence electrons. The van der Waals surface area contributed by atoms with Gasteiger partial charge >= 0.3 is 6.09 Å². The van der Waals surface area contributed by atoms with E-state index in [4.69, 9.17) is 4.74 Å². The summed E-state index contributed by atoms with van der Waals surface area (Å²) in [5.74, 6) is 0. The lowest BCUT2D eigenvalue weighted by atomic mass is 9.90. The number of nitrogens with zero attached hydrogens (tertiary/aromatic N) is 1. The van der Waals surface area contributed by atoms with Gasteiger partial charge in [-0.25, -0.2) is 4.79 Å². The van der Waals surface area contributed by atoms with Gasteiger partial charge in [-0.1, -0.05) is 60.7 Å². The third-order valence-corrected chi connectivity index (χ3v) is 4.30. The van der Waals surface area contributed by atoms with Gasteiger partial charge in [-0.05, 0) is 31.9 Å². The molecule has 0 unspecified atom stereocenters. The van der Waals surface area contributed by atoms with Crippen LogP contribution in [0.15, 0.2) is 60.7 Å². The Morgan fingerprint density at radius 2 is 1.56 bits per heavy atom. The van der Waals surface area contributed by atoms with Crippen molar-refractivity contribution in [1.82, 2.24) is 10.2 Å². The molecule has 0 spiro atoms. The molecule has 1 N–H and O–H groups in total. The first kappa shape index (κ1) is 17.5. The summed E-state index contributed by atoms with van der Waals surface area (Å²) >= 11 is 0. The molecular weight excluding hydrogens is 312 g/mol. The molecule has 1 amide bonds. The van der Waals surface area contributed by atoms with E-state index in [1.165, 1.54) is 5.56 Å². The molecule has 1 fully saturated rings. The number of hydrogen-bond acceptors (Lipinski definition) is 3. The first-order valence-electron chi connectivity index (χ1n) is 8.78. The lowest BCUT2D eigenvalue weighted by Gasteiger charge is -2.42. The van der Waals surface area contributed by atoms with E-state index in [1.807, 2.05) is 62.1 Å². The largest absolute Gasteiger partial charge is 0.444 e. The zero-order valence-corrected chi connectivity index (χ0v) is 15.1. The van der Waals surface area contributed by atoms with Gasteiger partial charge in [0, 0.05) is 13.1 Å². The zero-order valence-electron chi connectivity index (χ0n) is 15.1. The molecule has 1 heterocycles. The number of hydrogen-bond donors (Lipinski definition) is 1. The Bertz CT molecular complexity index is 695. The van der Waals surface area contributed by atoms with Crippen LogP contribution in [-0.2, 0) is 4.74 Å². The molecule has 0 aliphatic carbocycles. The maximum atomic E-state index is 12.9. The average molecular weight is 338 g/mol. The van der Waals surface area contributed by atoms with Crippen molar-refractivity contribution in [2.24, 2.45) is 0 Å². The highest BCUT2D eigenvalue weighted by Gasteiger charge is 2.38.